The number of rotatable bonds is 2. The highest BCUT2D eigenvalue weighted by Crippen LogP contribution is 2.11. The molecule has 0 saturated heterocycles. The summed E-state index contributed by atoms with van der Waals surface area (Å²) in [5.74, 6) is 0.220. The van der Waals surface area contributed by atoms with Crippen LogP contribution in [0.4, 0.5) is 0 Å². The molecule has 4 nitrogen and oxygen atoms in total. The molecule has 0 amide bonds. The first-order chi connectivity index (χ1) is 6.74. The summed E-state index contributed by atoms with van der Waals surface area (Å²) in [6.45, 7) is 0. The molecule has 0 unspecified atom stereocenters. The number of thiocarbonyl (C=S) groups is 1. The number of hydrogen-bond acceptors (Lipinski definition) is 2. The van der Waals surface area contributed by atoms with Crippen molar-refractivity contribution < 1.29 is 10.2 Å². The molecule has 74 valence electrons. The molecule has 0 radical (unpaired) electrons. The Morgan fingerprint density at radius 2 is 2.21 bits per heavy atom. The lowest BCUT2D eigenvalue weighted by atomic mass is 10.2. The van der Waals surface area contributed by atoms with Crippen LogP contribution < -0.4 is 15.8 Å². The molecule has 0 heterocycles. The van der Waals surface area contributed by atoms with Gasteiger partial charge in [-0.15, -0.1) is 10.5 Å². The van der Waals surface area contributed by atoms with Crippen molar-refractivity contribution in [2.75, 3.05) is 7.05 Å². The number of aromatic hydroxyl groups is 1. The van der Waals surface area contributed by atoms with Gasteiger partial charge in [-0.05, 0) is 24.4 Å². The van der Waals surface area contributed by atoms with E-state index in [4.69, 9.17) is 12.2 Å². The fraction of sp³-hybridized carbons (Fsp3) is 0.111. The summed E-state index contributed by atoms with van der Waals surface area (Å²) in [7, 11) is 1.72. The average Bonchev–Trinajstić information content (AvgIpc) is 2.20. The van der Waals surface area contributed by atoms with E-state index >= 15 is 0 Å². The normalized spacial score (nSPS) is 10.1. The molecule has 0 aliphatic heterocycles. The third-order valence-corrected chi connectivity index (χ3v) is 1.88. The highest BCUT2D eigenvalue weighted by atomic mass is 32.1. The molecular weight excluding hydrogens is 198 g/mol. The summed E-state index contributed by atoms with van der Waals surface area (Å²) in [6.07, 6.45) is 1.62. The van der Waals surface area contributed by atoms with Crippen LogP contribution in [0.2, 0.25) is 0 Å². The van der Waals surface area contributed by atoms with E-state index in [1.54, 1.807) is 31.5 Å². The number of hydrazine groups is 1. The minimum absolute atomic E-state index is 0.220. The van der Waals surface area contributed by atoms with Gasteiger partial charge in [-0.3, -0.25) is 0 Å². The molecule has 0 aliphatic carbocycles. The van der Waals surface area contributed by atoms with E-state index < -0.39 is 0 Å². The van der Waals surface area contributed by atoms with Crippen LogP contribution in [0.25, 0.3) is 0 Å². The fourth-order valence-electron chi connectivity index (χ4n) is 0.851. The largest absolute Gasteiger partial charge is 0.507 e. The molecule has 0 spiro atoms. The number of hydrazone groups is 1. The molecule has 0 aromatic heterocycles. The smallest absolute Gasteiger partial charge is 0.223 e. The van der Waals surface area contributed by atoms with Crippen molar-refractivity contribution in [1.29, 1.82) is 0 Å². The van der Waals surface area contributed by atoms with Crippen LogP contribution in [0.3, 0.4) is 0 Å². The number of hydrogen-bond donors (Lipinski definition) is 4. The van der Waals surface area contributed by atoms with Crippen molar-refractivity contribution >= 4 is 23.5 Å². The van der Waals surface area contributed by atoms with E-state index in [1.165, 1.54) is 0 Å². The van der Waals surface area contributed by atoms with Gasteiger partial charge >= 0.3 is 0 Å². The summed E-state index contributed by atoms with van der Waals surface area (Å²) in [5.41, 5.74) is 3.41. The minimum Gasteiger partial charge on any atom is -0.507 e. The van der Waals surface area contributed by atoms with Crippen molar-refractivity contribution in [2.45, 2.75) is 0 Å². The second-order valence-electron chi connectivity index (χ2n) is 2.55. The van der Waals surface area contributed by atoms with Crippen molar-refractivity contribution in [3.8, 4) is 5.75 Å². The lowest BCUT2D eigenvalue weighted by Crippen LogP contribution is -2.82. The summed E-state index contributed by atoms with van der Waals surface area (Å²) in [6, 6.07) is 7.00. The first-order valence-corrected chi connectivity index (χ1v) is 4.49. The van der Waals surface area contributed by atoms with E-state index in [9.17, 15) is 5.11 Å². The number of phenolic OH excluding ortho intramolecular Hbond substituents is 1. The Balaban J connectivity index is 2.60. The standard InChI is InChI=1S/C9H11N3OS/c1-10-9(14)12-11-6-7-4-2-3-5-8(7)13/h2-6,13H,1H3,(H2,10,12,14)/p+1/b11-6+. The number of nitrogens with one attached hydrogen (secondary N) is 3. The van der Waals surface area contributed by atoms with Gasteiger partial charge in [-0.2, -0.15) is 0 Å². The van der Waals surface area contributed by atoms with Gasteiger partial charge < -0.3 is 10.4 Å². The highest BCUT2D eigenvalue weighted by Gasteiger charge is 1.98. The maximum absolute atomic E-state index is 9.39. The van der Waals surface area contributed by atoms with E-state index in [2.05, 4.69) is 15.8 Å². The molecule has 4 N–H and O–H groups in total. The number of para-hydroxylation sites is 1. The lowest BCUT2D eigenvalue weighted by molar-refractivity contribution is -0.500. The first kappa shape index (κ1) is 10.5. The van der Waals surface area contributed by atoms with Crippen LogP contribution in [0.5, 0.6) is 5.75 Å². The van der Waals surface area contributed by atoms with Gasteiger partial charge in [0.2, 0.25) is 11.3 Å². The quantitative estimate of drug-likeness (QED) is 0.284. The molecule has 0 saturated carbocycles. The zero-order valence-corrected chi connectivity index (χ0v) is 8.56. The Morgan fingerprint density at radius 3 is 2.86 bits per heavy atom. The number of phenols is 1. The van der Waals surface area contributed by atoms with Crippen LogP contribution in [0, 0.1) is 0 Å². The van der Waals surface area contributed by atoms with Gasteiger partial charge in [0.15, 0.2) is 0 Å². The van der Waals surface area contributed by atoms with E-state index in [-0.39, 0.29) is 5.75 Å². The zero-order valence-electron chi connectivity index (χ0n) is 7.74. The van der Waals surface area contributed by atoms with Gasteiger partial charge in [-0.1, -0.05) is 12.1 Å². The third-order valence-electron chi connectivity index (χ3n) is 1.58. The van der Waals surface area contributed by atoms with Crippen molar-refractivity contribution in [1.82, 2.24) is 10.7 Å². The average molecular weight is 210 g/mol. The maximum Gasteiger partial charge on any atom is 0.223 e. The number of benzene rings is 1. The summed E-state index contributed by atoms with van der Waals surface area (Å²) in [4.78, 5) is 0. The Hall–Kier alpha value is -1.62. The van der Waals surface area contributed by atoms with Crippen molar-refractivity contribution in [2.24, 2.45) is 0 Å². The SMILES string of the molecule is CNC(=S)N/[NH+]=C/c1ccccc1O. The first-order valence-electron chi connectivity index (χ1n) is 4.08. The van der Waals surface area contributed by atoms with Crippen LogP contribution in [0.15, 0.2) is 24.3 Å². The van der Waals surface area contributed by atoms with Crippen molar-refractivity contribution in [3.63, 3.8) is 0 Å². The maximum atomic E-state index is 9.39. The molecule has 0 atom stereocenters. The van der Waals surface area contributed by atoms with Crippen LogP contribution in [-0.2, 0) is 0 Å². The zero-order chi connectivity index (χ0) is 10.4. The summed E-state index contributed by atoms with van der Waals surface area (Å²) >= 11 is 4.84. The second-order valence-corrected chi connectivity index (χ2v) is 2.96. The monoisotopic (exact) mass is 210 g/mol. The van der Waals surface area contributed by atoms with Gasteiger partial charge in [0, 0.05) is 7.05 Å². The van der Waals surface area contributed by atoms with Gasteiger partial charge in [0.1, 0.15) is 5.75 Å². The van der Waals surface area contributed by atoms with Crippen molar-refractivity contribution in [3.05, 3.63) is 29.8 Å². The van der Waals surface area contributed by atoms with Gasteiger partial charge in [0.05, 0.1) is 5.56 Å². The molecule has 5 heteroatoms. The minimum atomic E-state index is 0.220. The predicted molar refractivity (Wildman–Crippen MR) is 59.0 cm³/mol. The van der Waals surface area contributed by atoms with E-state index in [0.29, 0.717) is 10.7 Å². The molecule has 14 heavy (non-hydrogen) atoms. The molecule has 1 aromatic rings. The molecule has 1 rings (SSSR count). The Morgan fingerprint density at radius 1 is 1.50 bits per heavy atom. The van der Waals surface area contributed by atoms with Crippen LogP contribution in [-0.4, -0.2) is 23.5 Å². The van der Waals surface area contributed by atoms with Gasteiger partial charge in [0.25, 0.3) is 0 Å². The highest BCUT2D eigenvalue weighted by molar-refractivity contribution is 7.80. The molecule has 0 fully saturated rings. The van der Waals surface area contributed by atoms with E-state index in [1.807, 2.05) is 6.07 Å². The van der Waals surface area contributed by atoms with Crippen LogP contribution >= 0.6 is 12.2 Å². The molecule has 0 bridgehead atoms. The fourth-order valence-corrected chi connectivity index (χ4v) is 0.910. The summed E-state index contributed by atoms with van der Waals surface area (Å²) in [5, 5.41) is 15.4. The van der Waals surface area contributed by atoms with E-state index in [0.717, 1.165) is 0 Å². The van der Waals surface area contributed by atoms with Crippen LogP contribution in [0.1, 0.15) is 5.56 Å². The predicted octanol–water partition coefficient (Wildman–Crippen LogP) is -1.10. The van der Waals surface area contributed by atoms with Gasteiger partial charge in [-0.25, -0.2) is 0 Å². The molecular formula is C9H12N3OS+. The third kappa shape index (κ3) is 3.02. The topological polar surface area (TPSA) is 58.3 Å². The molecule has 1 aromatic carbocycles. The second kappa shape index (κ2) is 5.18. The summed E-state index contributed by atoms with van der Waals surface area (Å²) < 4.78 is 0. The lowest BCUT2D eigenvalue weighted by Gasteiger charge is -1.95. The Bertz CT molecular complexity index is 352. The molecule has 0 aliphatic rings. The Kier molecular flexibility index (Phi) is 3.87. The Labute approximate surface area is 87.6 Å².